The normalized spacial score (nSPS) is 11.0. The smallest absolute Gasteiger partial charge is 0.269 e. The number of phenols is 1. The van der Waals surface area contributed by atoms with Crippen LogP contribution < -0.4 is 5.56 Å². The molecule has 0 unspecified atom stereocenters. The topological polar surface area (TPSA) is 133 Å². The number of aromatic nitrogens is 1. The van der Waals surface area contributed by atoms with Crippen LogP contribution in [0, 0.1) is 28.4 Å². The van der Waals surface area contributed by atoms with Crippen LogP contribution in [0.15, 0.2) is 45.6 Å². The molecule has 0 saturated carbocycles. The number of pyridine rings is 1. The molecule has 0 aliphatic rings. The van der Waals surface area contributed by atoms with Gasteiger partial charge in [-0.05, 0) is 36.2 Å². The molecule has 0 fully saturated rings. The number of H-pyrrole nitrogens is 1. The number of hydrogen-bond donors (Lipinski definition) is 2. The van der Waals surface area contributed by atoms with E-state index >= 15 is 0 Å². The van der Waals surface area contributed by atoms with Gasteiger partial charge in [-0.25, -0.2) is 0 Å². The molecule has 0 radical (unpaired) electrons. The molecule has 2 heterocycles. The van der Waals surface area contributed by atoms with Gasteiger partial charge in [0.2, 0.25) is 0 Å². The number of nitro groups is 1. The molecule has 132 valence electrons. The summed E-state index contributed by atoms with van der Waals surface area (Å²) in [5.74, 6) is -0.0598. The minimum absolute atomic E-state index is 0.0392. The van der Waals surface area contributed by atoms with Gasteiger partial charge in [0, 0.05) is 23.8 Å². The minimum Gasteiger partial charge on any atom is -0.508 e. The standard InChI is InChI=1S/C19H11N3O5/c1-9-14(8-20)19(24)21-17-16-13(6-12(23)7-15(16)27-18(9)17)10-2-4-11(5-3-10)22(25)26/h2-7,23H,1H3,(H,21,24). The summed E-state index contributed by atoms with van der Waals surface area (Å²) in [6, 6.07) is 10.6. The monoisotopic (exact) mass is 361 g/mol. The Morgan fingerprint density at radius 2 is 1.96 bits per heavy atom. The molecule has 27 heavy (non-hydrogen) atoms. The average molecular weight is 361 g/mol. The number of rotatable bonds is 2. The van der Waals surface area contributed by atoms with Crippen molar-refractivity contribution in [2.75, 3.05) is 0 Å². The second-order valence-electron chi connectivity index (χ2n) is 6.04. The molecule has 4 aromatic rings. The number of non-ortho nitro benzene ring substituents is 1. The van der Waals surface area contributed by atoms with Crippen LogP contribution in [0.5, 0.6) is 5.75 Å². The number of benzene rings is 2. The Morgan fingerprint density at radius 3 is 2.59 bits per heavy atom. The van der Waals surface area contributed by atoms with E-state index < -0.39 is 10.5 Å². The Morgan fingerprint density at radius 1 is 1.26 bits per heavy atom. The number of aromatic hydroxyl groups is 1. The lowest BCUT2D eigenvalue weighted by molar-refractivity contribution is -0.384. The van der Waals surface area contributed by atoms with Crippen molar-refractivity contribution < 1.29 is 14.4 Å². The van der Waals surface area contributed by atoms with Crippen LogP contribution in [0.25, 0.3) is 33.2 Å². The number of phenolic OH excluding ortho intramolecular Hbond substituents is 1. The zero-order chi connectivity index (χ0) is 19.3. The number of aromatic amines is 1. The lowest BCUT2D eigenvalue weighted by atomic mass is 9.99. The Kier molecular flexibility index (Phi) is 3.46. The molecular formula is C19H11N3O5. The third kappa shape index (κ3) is 2.41. The van der Waals surface area contributed by atoms with E-state index in [9.17, 15) is 25.3 Å². The first-order valence-electron chi connectivity index (χ1n) is 7.87. The lowest BCUT2D eigenvalue weighted by Crippen LogP contribution is -2.11. The number of aryl methyl sites for hydroxylation is 1. The number of fused-ring (bicyclic) bond motifs is 3. The van der Waals surface area contributed by atoms with Gasteiger partial charge in [-0.2, -0.15) is 5.26 Å². The molecule has 2 N–H and O–H groups in total. The fraction of sp³-hybridized carbons (Fsp3) is 0.0526. The Balaban J connectivity index is 2.11. The van der Waals surface area contributed by atoms with Crippen molar-refractivity contribution in [1.29, 1.82) is 5.26 Å². The first kappa shape index (κ1) is 16.4. The summed E-state index contributed by atoms with van der Waals surface area (Å²) in [5, 5.41) is 30.7. The second-order valence-corrected chi connectivity index (χ2v) is 6.04. The molecule has 2 aromatic carbocycles. The van der Waals surface area contributed by atoms with Crippen molar-refractivity contribution in [2.45, 2.75) is 6.92 Å². The lowest BCUT2D eigenvalue weighted by Gasteiger charge is -2.05. The van der Waals surface area contributed by atoms with E-state index in [0.29, 0.717) is 38.8 Å². The van der Waals surface area contributed by atoms with Crippen LogP contribution in [0.1, 0.15) is 11.1 Å². The summed E-state index contributed by atoms with van der Waals surface area (Å²) >= 11 is 0. The summed E-state index contributed by atoms with van der Waals surface area (Å²) in [4.78, 5) is 25.3. The SMILES string of the molecule is Cc1c(C#N)c(=O)[nH]c2c1oc1cc(O)cc(-c3ccc([N+](=O)[O-])cc3)c12. The third-order valence-electron chi connectivity index (χ3n) is 4.46. The summed E-state index contributed by atoms with van der Waals surface area (Å²) in [5.41, 5.74) is 1.99. The first-order valence-corrected chi connectivity index (χ1v) is 7.87. The van der Waals surface area contributed by atoms with E-state index in [1.165, 1.54) is 24.3 Å². The predicted molar refractivity (Wildman–Crippen MR) is 97.5 cm³/mol. The molecule has 8 nitrogen and oxygen atoms in total. The van der Waals surface area contributed by atoms with E-state index in [2.05, 4.69) is 4.98 Å². The average Bonchev–Trinajstić information content (AvgIpc) is 3.00. The predicted octanol–water partition coefficient (Wildman–Crippen LogP) is 3.74. The maximum atomic E-state index is 12.2. The first-order chi connectivity index (χ1) is 12.9. The molecule has 0 amide bonds. The van der Waals surface area contributed by atoms with Crippen molar-refractivity contribution in [3.05, 3.63) is 68.0 Å². The fourth-order valence-corrected chi connectivity index (χ4v) is 3.18. The van der Waals surface area contributed by atoms with Crippen LogP contribution in [-0.4, -0.2) is 15.0 Å². The summed E-state index contributed by atoms with van der Waals surface area (Å²) in [6.07, 6.45) is 0. The van der Waals surface area contributed by atoms with Gasteiger partial charge < -0.3 is 14.5 Å². The third-order valence-corrected chi connectivity index (χ3v) is 4.46. The number of nitriles is 1. The summed E-state index contributed by atoms with van der Waals surface area (Å²) in [7, 11) is 0. The molecule has 2 aromatic heterocycles. The molecule has 0 atom stereocenters. The van der Waals surface area contributed by atoms with Crippen LogP contribution in [-0.2, 0) is 0 Å². The van der Waals surface area contributed by atoms with Gasteiger partial charge >= 0.3 is 0 Å². The molecule has 0 bridgehead atoms. The highest BCUT2D eigenvalue weighted by molar-refractivity contribution is 6.11. The number of hydrogen-bond acceptors (Lipinski definition) is 6. The van der Waals surface area contributed by atoms with E-state index in [0.717, 1.165) is 0 Å². The zero-order valence-corrected chi connectivity index (χ0v) is 13.9. The Labute approximate surface area is 151 Å². The zero-order valence-electron chi connectivity index (χ0n) is 13.9. The quantitative estimate of drug-likeness (QED) is 0.413. The highest BCUT2D eigenvalue weighted by Crippen LogP contribution is 2.39. The van der Waals surface area contributed by atoms with Gasteiger partial charge in [0.05, 0.1) is 15.8 Å². The van der Waals surface area contributed by atoms with Crippen LogP contribution >= 0.6 is 0 Å². The van der Waals surface area contributed by atoms with E-state index in [4.69, 9.17) is 4.42 Å². The Bertz CT molecular complexity index is 1340. The number of nitro benzene ring substituents is 1. The van der Waals surface area contributed by atoms with Crippen molar-refractivity contribution in [3.8, 4) is 22.9 Å². The maximum absolute atomic E-state index is 12.2. The summed E-state index contributed by atoms with van der Waals surface area (Å²) < 4.78 is 5.80. The van der Waals surface area contributed by atoms with Gasteiger partial charge in [0.1, 0.15) is 23.0 Å². The molecule has 8 heteroatoms. The highest BCUT2D eigenvalue weighted by atomic mass is 16.6. The van der Waals surface area contributed by atoms with E-state index in [1.807, 2.05) is 6.07 Å². The molecular weight excluding hydrogens is 350 g/mol. The van der Waals surface area contributed by atoms with Crippen LogP contribution in [0.3, 0.4) is 0 Å². The minimum atomic E-state index is -0.534. The van der Waals surface area contributed by atoms with Crippen molar-refractivity contribution in [2.24, 2.45) is 0 Å². The van der Waals surface area contributed by atoms with E-state index in [1.54, 1.807) is 19.1 Å². The van der Waals surface area contributed by atoms with Gasteiger partial charge in [0.25, 0.3) is 11.2 Å². The fourth-order valence-electron chi connectivity index (χ4n) is 3.18. The molecule has 0 spiro atoms. The number of nitrogens with one attached hydrogen (secondary N) is 1. The number of furan rings is 1. The Hall–Kier alpha value is -4.12. The molecule has 0 aliphatic carbocycles. The van der Waals surface area contributed by atoms with Crippen molar-refractivity contribution in [3.63, 3.8) is 0 Å². The van der Waals surface area contributed by atoms with Gasteiger partial charge in [-0.15, -0.1) is 0 Å². The maximum Gasteiger partial charge on any atom is 0.269 e. The molecule has 0 aliphatic heterocycles. The van der Waals surface area contributed by atoms with Crippen LogP contribution in [0.2, 0.25) is 0 Å². The van der Waals surface area contributed by atoms with Crippen LogP contribution in [0.4, 0.5) is 5.69 Å². The van der Waals surface area contributed by atoms with Gasteiger partial charge in [-0.1, -0.05) is 0 Å². The summed E-state index contributed by atoms with van der Waals surface area (Å²) in [6.45, 7) is 1.61. The molecule has 0 saturated heterocycles. The second kappa shape index (κ2) is 5.71. The van der Waals surface area contributed by atoms with Gasteiger partial charge in [-0.3, -0.25) is 14.9 Å². The van der Waals surface area contributed by atoms with Gasteiger partial charge in [0.15, 0.2) is 5.58 Å². The number of nitrogens with zero attached hydrogens (tertiary/aromatic N) is 2. The van der Waals surface area contributed by atoms with Crippen molar-refractivity contribution in [1.82, 2.24) is 4.98 Å². The highest BCUT2D eigenvalue weighted by Gasteiger charge is 2.19. The largest absolute Gasteiger partial charge is 0.508 e. The van der Waals surface area contributed by atoms with E-state index in [-0.39, 0.29) is 17.0 Å². The van der Waals surface area contributed by atoms with Crippen molar-refractivity contribution >= 4 is 27.8 Å². The molecule has 4 rings (SSSR count).